The SMILES string of the molecule is CCCCOC(=O)N1CCC(N2C[C@@H](C)N(C(=O)OC(C)(C)C)[C@@H](C)C2)CC1. The molecule has 7 nitrogen and oxygen atoms in total. The molecule has 0 aromatic heterocycles. The molecule has 0 bridgehead atoms. The Bertz CT molecular complexity index is 514. The van der Waals surface area contributed by atoms with Gasteiger partial charge in [0, 0.05) is 44.3 Å². The smallest absolute Gasteiger partial charge is 0.410 e. The largest absolute Gasteiger partial charge is 0.449 e. The van der Waals surface area contributed by atoms with Gasteiger partial charge in [0.1, 0.15) is 5.60 Å². The second-order valence-corrected chi connectivity index (χ2v) is 9.23. The molecule has 2 heterocycles. The maximum Gasteiger partial charge on any atom is 0.410 e. The van der Waals surface area contributed by atoms with Crippen LogP contribution in [0.5, 0.6) is 0 Å². The minimum atomic E-state index is -0.480. The average Bonchev–Trinajstić information content (AvgIpc) is 2.59. The van der Waals surface area contributed by atoms with Crippen LogP contribution in [0.1, 0.15) is 67.2 Å². The Labute approximate surface area is 170 Å². The van der Waals surface area contributed by atoms with E-state index in [-0.39, 0.29) is 24.3 Å². The Morgan fingerprint density at radius 3 is 2.07 bits per heavy atom. The fourth-order valence-corrected chi connectivity index (χ4v) is 4.15. The first kappa shape index (κ1) is 22.8. The lowest BCUT2D eigenvalue weighted by Gasteiger charge is -2.48. The Morgan fingerprint density at radius 1 is 1.00 bits per heavy atom. The van der Waals surface area contributed by atoms with E-state index in [4.69, 9.17) is 9.47 Å². The lowest BCUT2D eigenvalue weighted by Crippen LogP contribution is -2.62. The van der Waals surface area contributed by atoms with E-state index in [9.17, 15) is 9.59 Å². The standard InChI is InChI=1S/C21H39N3O4/c1-7-8-13-27-19(25)22-11-9-18(10-12-22)23-14-16(2)24(17(3)15-23)20(26)28-21(4,5)6/h16-18H,7-15H2,1-6H3/t16-,17+. The molecule has 0 radical (unpaired) electrons. The second kappa shape index (κ2) is 9.81. The minimum absolute atomic E-state index is 0.107. The summed E-state index contributed by atoms with van der Waals surface area (Å²) < 4.78 is 10.9. The van der Waals surface area contributed by atoms with Gasteiger partial charge < -0.3 is 19.3 Å². The first-order chi connectivity index (χ1) is 13.1. The molecule has 28 heavy (non-hydrogen) atoms. The normalized spacial score (nSPS) is 24.9. The van der Waals surface area contributed by atoms with Crippen molar-refractivity contribution >= 4 is 12.2 Å². The van der Waals surface area contributed by atoms with Gasteiger partial charge in [-0.25, -0.2) is 9.59 Å². The maximum atomic E-state index is 12.6. The van der Waals surface area contributed by atoms with Crippen LogP contribution in [0.2, 0.25) is 0 Å². The highest BCUT2D eigenvalue weighted by molar-refractivity contribution is 5.69. The lowest BCUT2D eigenvalue weighted by atomic mass is 9.99. The van der Waals surface area contributed by atoms with E-state index < -0.39 is 5.60 Å². The summed E-state index contributed by atoms with van der Waals surface area (Å²) in [7, 11) is 0. The van der Waals surface area contributed by atoms with E-state index in [0.29, 0.717) is 12.6 Å². The highest BCUT2D eigenvalue weighted by atomic mass is 16.6. The molecule has 0 aromatic carbocycles. The number of nitrogens with zero attached hydrogens (tertiary/aromatic N) is 3. The lowest BCUT2D eigenvalue weighted by molar-refractivity contribution is -0.0284. The third-order valence-electron chi connectivity index (χ3n) is 5.51. The number of rotatable bonds is 4. The van der Waals surface area contributed by atoms with Crippen LogP contribution in [0.25, 0.3) is 0 Å². The molecule has 2 amide bonds. The van der Waals surface area contributed by atoms with Crippen LogP contribution in [-0.4, -0.2) is 83.4 Å². The molecule has 0 saturated carbocycles. The van der Waals surface area contributed by atoms with Gasteiger partial charge >= 0.3 is 12.2 Å². The Kier molecular flexibility index (Phi) is 7.98. The van der Waals surface area contributed by atoms with Gasteiger partial charge in [0.2, 0.25) is 0 Å². The minimum Gasteiger partial charge on any atom is -0.449 e. The monoisotopic (exact) mass is 397 g/mol. The number of unbranched alkanes of at least 4 members (excludes halogenated alkanes) is 1. The van der Waals surface area contributed by atoms with Gasteiger partial charge in [0.25, 0.3) is 0 Å². The molecule has 0 unspecified atom stereocenters. The number of likely N-dealkylation sites (tertiary alicyclic amines) is 1. The van der Waals surface area contributed by atoms with Gasteiger partial charge in [0.15, 0.2) is 0 Å². The fourth-order valence-electron chi connectivity index (χ4n) is 4.15. The average molecular weight is 398 g/mol. The third-order valence-corrected chi connectivity index (χ3v) is 5.51. The number of ether oxygens (including phenoxy) is 2. The van der Waals surface area contributed by atoms with E-state index in [1.54, 1.807) is 0 Å². The Hall–Kier alpha value is -1.50. The zero-order chi connectivity index (χ0) is 20.9. The quantitative estimate of drug-likeness (QED) is 0.677. The third kappa shape index (κ3) is 6.26. The van der Waals surface area contributed by atoms with Gasteiger partial charge in [-0.2, -0.15) is 0 Å². The molecule has 7 heteroatoms. The molecule has 0 spiro atoms. The molecule has 0 aromatic rings. The highest BCUT2D eigenvalue weighted by Gasteiger charge is 2.38. The number of carbonyl (C=O) groups excluding carboxylic acids is 2. The van der Waals surface area contributed by atoms with Crippen LogP contribution in [0, 0.1) is 0 Å². The van der Waals surface area contributed by atoms with Crippen molar-refractivity contribution in [2.45, 2.75) is 91.0 Å². The molecule has 2 atom stereocenters. The predicted octanol–water partition coefficient (Wildman–Crippen LogP) is 3.72. The van der Waals surface area contributed by atoms with Gasteiger partial charge in [-0.05, 0) is 53.9 Å². The molecular formula is C21H39N3O4. The van der Waals surface area contributed by atoms with Crippen LogP contribution in [0.4, 0.5) is 9.59 Å². The molecule has 2 aliphatic heterocycles. The number of hydrogen-bond acceptors (Lipinski definition) is 5. The molecule has 2 saturated heterocycles. The van der Waals surface area contributed by atoms with E-state index in [0.717, 1.165) is 51.9 Å². The number of amides is 2. The van der Waals surface area contributed by atoms with E-state index in [1.807, 2.05) is 30.6 Å². The predicted molar refractivity (Wildman–Crippen MR) is 109 cm³/mol. The highest BCUT2D eigenvalue weighted by Crippen LogP contribution is 2.25. The van der Waals surface area contributed by atoms with Crippen molar-refractivity contribution in [3.8, 4) is 0 Å². The van der Waals surface area contributed by atoms with Crippen LogP contribution in [-0.2, 0) is 9.47 Å². The van der Waals surface area contributed by atoms with Crippen molar-refractivity contribution in [1.82, 2.24) is 14.7 Å². The van der Waals surface area contributed by atoms with Gasteiger partial charge in [-0.15, -0.1) is 0 Å². The van der Waals surface area contributed by atoms with E-state index >= 15 is 0 Å². The van der Waals surface area contributed by atoms with Gasteiger partial charge in [-0.3, -0.25) is 4.90 Å². The fraction of sp³-hybridized carbons (Fsp3) is 0.905. The summed E-state index contributed by atoms with van der Waals surface area (Å²) in [5, 5.41) is 0. The number of piperazine rings is 1. The molecule has 2 rings (SSSR count). The zero-order valence-electron chi connectivity index (χ0n) is 18.6. The number of carbonyl (C=O) groups is 2. The van der Waals surface area contributed by atoms with Gasteiger partial charge in [-0.1, -0.05) is 13.3 Å². The summed E-state index contributed by atoms with van der Waals surface area (Å²) in [6.07, 6.45) is 3.45. The van der Waals surface area contributed by atoms with Crippen molar-refractivity contribution in [3.05, 3.63) is 0 Å². The number of hydrogen-bond donors (Lipinski definition) is 0. The first-order valence-electron chi connectivity index (χ1n) is 10.8. The molecule has 2 aliphatic rings. The van der Waals surface area contributed by atoms with Crippen LogP contribution < -0.4 is 0 Å². The van der Waals surface area contributed by atoms with Crippen molar-refractivity contribution in [1.29, 1.82) is 0 Å². The molecule has 0 aliphatic carbocycles. The van der Waals surface area contributed by atoms with Gasteiger partial charge in [0.05, 0.1) is 6.61 Å². The summed E-state index contributed by atoms with van der Waals surface area (Å²) in [5.74, 6) is 0. The molecule has 2 fully saturated rings. The molecule has 162 valence electrons. The summed E-state index contributed by atoms with van der Waals surface area (Å²) in [6, 6.07) is 0.664. The van der Waals surface area contributed by atoms with Crippen molar-refractivity contribution in [3.63, 3.8) is 0 Å². The van der Waals surface area contributed by atoms with E-state index in [1.165, 1.54) is 0 Å². The summed E-state index contributed by atoms with van der Waals surface area (Å²) in [4.78, 5) is 30.9. The van der Waals surface area contributed by atoms with Crippen molar-refractivity contribution in [2.24, 2.45) is 0 Å². The van der Waals surface area contributed by atoms with Crippen molar-refractivity contribution < 1.29 is 19.1 Å². The Morgan fingerprint density at radius 2 is 1.57 bits per heavy atom. The summed E-state index contributed by atoms with van der Waals surface area (Å²) in [5.41, 5.74) is -0.480. The van der Waals surface area contributed by atoms with Crippen LogP contribution >= 0.6 is 0 Å². The molecule has 0 N–H and O–H groups in total. The van der Waals surface area contributed by atoms with E-state index in [2.05, 4.69) is 25.7 Å². The topological polar surface area (TPSA) is 62.3 Å². The molecular weight excluding hydrogens is 358 g/mol. The Balaban J connectivity index is 1.84. The number of piperidine rings is 1. The summed E-state index contributed by atoms with van der Waals surface area (Å²) >= 11 is 0. The first-order valence-corrected chi connectivity index (χ1v) is 10.8. The second-order valence-electron chi connectivity index (χ2n) is 9.23. The van der Waals surface area contributed by atoms with Crippen LogP contribution in [0.15, 0.2) is 0 Å². The summed E-state index contributed by atoms with van der Waals surface area (Å²) in [6.45, 7) is 15.6. The van der Waals surface area contributed by atoms with Crippen LogP contribution in [0.3, 0.4) is 0 Å². The zero-order valence-corrected chi connectivity index (χ0v) is 18.6. The maximum absolute atomic E-state index is 12.6. The van der Waals surface area contributed by atoms with Crippen molar-refractivity contribution in [2.75, 3.05) is 32.8 Å².